The summed E-state index contributed by atoms with van der Waals surface area (Å²) in [6.07, 6.45) is 4.56. The van der Waals surface area contributed by atoms with Gasteiger partial charge < -0.3 is 14.4 Å². The number of hydrogen-bond donors (Lipinski definition) is 1. The van der Waals surface area contributed by atoms with Crippen LogP contribution in [0.2, 0.25) is 0 Å². The number of carbonyl (C=O) groups is 1. The topological polar surface area (TPSA) is 60.1 Å². The molecule has 0 bridgehead atoms. The van der Waals surface area contributed by atoms with Gasteiger partial charge in [-0.15, -0.1) is 0 Å². The Morgan fingerprint density at radius 2 is 2.03 bits per heavy atom. The summed E-state index contributed by atoms with van der Waals surface area (Å²) in [5.41, 5.74) is 7.37. The van der Waals surface area contributed by atoms with Crippen LogP contribution < -0.4 is 5.32 Å². The van der Waals surface area contributed by atoms with Crippen molar-refractivity contribution >= 4 is 16.8 Å². The molecule has 5 heteroatoms. The lowest BCUT2D eigenvalue weighted by molar-refractivity contribution is 0.0954. The van der Waals surface area contributed by atoms with E-state index in [1.54, 1.807) is 0 Å². The van der Waals surface area contributed by atoms with Gasteiger partial charge in [0.05, 0.1) is 5.52 Å². The van der Waals surface area contributed by atoms with Crippen molar-refractivity contribution in [2.24, 2.45) is 0 Å². The highest BCUT2D eigenvalue weighted by Crippen LogP contribution is 2.32. The third-order valence-electron chi connectivity index (χ3n) is 5.91. The Bertz CT molecular complexity index is 1190. The molecule has 5 rings (SSSR count). The molecule has 0 radical (unpaired) electrons. The van der Waals surface area contributed by atoms with Crippen molar-refractivity contribution in [3.05, 3.63) is 77.2 Å². The minimum Gasteiger partial charge on any atom is -0.363 e. The quantitative estimate of drug-likeness (QED) is 0.549. The highest BCUT2D eigenvalue weighted by atomic mass is 16.5. The normalized spacial score (nSPS) is 13.0. The first kappa shape index (κ1) is 17.7. The Kier molecular flexibility index (Phi) is 4.43. The fraction of sp³-hybridized carbons (Fsp3) is 0.250. The highest BCUT2D eigenvalue weighted by molar-refractivity contribution is 5.99. The molecular formula is C24H23N3O2. The van der Waals surface area contributed by atoms with Crippen LogP contribution in [0, 0.1) is 6.92 Å². The summed E-state index contributed by atoms with van der Waals surface area (Å²) in [6, 6.07) is 16.2. The predicted octanol–water partition coefficient (Wildman–Crippen LogP) is 4.52. The number of carbonyl (C=O) groups excluding carboxylic acids is 1. The number of benzene rings is 2. The number of hydrogen-bond acceptors (Lipinski definition) is 3. The molecule has 1 aliphatic rings. The smallest absolute Gasteiger partial charge is 0.256 e. The second-order valence-electron chi connectivity index (χ2n) is 7.58. The van der Waals surface area contributed by atoms with Crippen molar-refractivity contribution in [1.82, 2.24) is 15.0 Å². The van der Waals surface area contributed by atoms with E-state index >= 15 is 0 Å². The van der Waals surface area contributed by atoms with Crippen LogP contribution in [-0.2, 0) is 19.4 Å². The monoisotopic (exact) mass is 385 g/mol. The maximum absolute atomic E-state index is 12.7. The van der Waals surface area contributed by atoms with E-state index in [1.165, 1.54) is 40.4 Å². The van der Waals surface area contributed by atoms with Crippen LogP contribution in [0.5, 0.6) is 0 Å². The minimum atomic E-state index is -0.156. The summed E-state index contributed by atoms with van der Waals surface area (Å²) in [4.78, 5) is 12.7. The molecule has 146 valence electrons. The van der Waals surface area contributed by atoms with Crippen molar-refractivity contribution in [3.63, 3.8) is 0 Å². The zero-order valence-electron chi connectivity index (χ0n) is 16.4. The van der Waals surface area contributed by atoms with E-state index in [-0.39, 0.29) is 5.91 Å². The van der Waals surface area contributed by atoms with E-state index < -0.39 is 0 Å². The van der Waals surface area contributed by atoms with Crippen LogP contribution in [0.4, 0.5) is 0 Å². The van der Waals surface area contributed by atoms with Crippen LogP contribution in [0.1, 0.15) is 33.6 Å². The van der Waals surface area contributed by atoms with Gasteiger partial charge in [-0.2, -0.15) is 0 Å². The van der Waals surface area contributed by atoms with Gasteiger partial charge in [-0.25, -0.2) is 0 Å². The lowest BCUT2D eigenvalue weighted by atomic mass is 10.0. The molecule has 0 fully saturated rings. The van der Waals surface area contributed by atoms with Crippen molar-refractivity contribution < 1.29 is 9.32 Å². The average molecular weight is 385 g/mol. The molecule has 1 aliphatic heterocycles. The fourth-order valence-corrected chi connectivity index (χ4v) is 4.50. The number of nitrogens with one attached hydrogen (secondary N) is 1. The molecule has 0 aliphatic carbocycles. The number of amides is 1. The minimum absolute atomic E-state index is 0.156. The molecule has 2 aromatic heterocycles. The zero-order chi connectivity index (χ0) is 19.8. The summed E-state index contributed by atoms with van der Waals surface area (Å²) >= 11 is 0. The first-order valence-corrected chi connectivity index (χ1v) is 10.1. The summed E-state index contributed by atoms with van der Waals surface area (Å²) < 4.78 is 7.53. The summed E-state index contributed by atoms with van der Waals surface area (Å²) in [6.45, 7) is 3.84. The number of aryl methyl sites for hydroxylation is 2. The third kappa shape index (κ3) is 3.03. The molecule has 1 amide bonds. The van der Waals surface area contributed by atoms with Gasteiger partial charge in [-0.05, 0) is 37.3 Å². The molecule has 0 saturated carbocycles. The van der Waals surface area contributed by atoms with Crippen LogP contribution in [0.3, 0.4) is 0 Å². The Morgan fingerprint density at radius 1 is 1.17 bits per heavy atom. The van der Waals surface area contributed by atoms with E-state index in [0.29, 0.717) is 17.8 Å². The molecule has 0 atom stereocenters. The molecule has 3 heterocycles. The van der Waals surface area contributed by atoms with Gasteiger partial charge in [0.1, 0.15) is 17.5 Å². The van der Waals surface area contributed by atoms with E-state index in [4.69, 9.17) is 4.52 Å². The van der Waals surface area contributed by atoms with Crippen molar-refractivity contribution in [3.8, 4) is 11.3 Å². The fourth-order valence-electron chi connectivity index (χ4n) is 4.50. The molecule has 29 heavy (non-hydrogen) atoms. The van der Waals surface area contributed by atoms with Gasteiger partial charge in [0.15, 0.2) is 0 Å². The largest absolute Gasteiger partial charge is 0.363 e. The lowest BCUT2D eigenvalue weighted by Gasteiger charge is -2.16. The predicted molar refractivity (Wildman–Crippen MR) is 113 cm³/mol. The van der Waals surface area contributed by atoms with Crippen molar-refractivity contribution in [1.29, 1.82) is 0 Å². The molecule has 0 saturated heterocycles. The molecule has 1 N–H and O–H groups in total. The number of aromatic nitrogens is 2. The Labute approximate surface area is 169 Å². The number of nitrogens with zero attached hydrogens (tertiary/aromatic N) is 2. The lowest BCUT2D eigenvalue weighted by Crippen LogP contribution is -2.26. The first-order valence-electron chi connectivity index (χ1n) is 10.1. The first-order chi connectivity index (χ1) is 14.2. The second kappa shape index (κ2) is 7.24. The molecule has 0 spiro atoms. The standard InChI is InChI=1S/C24H23N3O2/c1-16-19(20-11-5-9-18-10-6-14-27(16)23(18)20)12-13-25-24(28)21-15-29-26-22(21)17-7-3-2-4-8-17/h2-5,7-9,11,15H,6,10,12-14H2,1H3,(H,25,28). The average Bonchev–Trinajstić information content (AvgIpc) is 3.35. The molecule has 2 aromatic carbocycles. The van der Waals surface area contributed by atoms with Crippen molar-refractivity contribution in [2.75, 3.05) is 6.54 Å². The molecule has 4 aromatic rings. The number of rotatable bonds is 5. The van der Waals surface area contributed by atoms with Gasteiger partial charge in [0.25, 0.3) is 5.91 Å². The zero-order valence-corrected chi connectivity index (χ0v) is 16.4. The van der Waals surface area contributed by atoms with Crippen molar-refractivity contribution in [2.45, 2.75) is 32.7 Å². The van der Waals surface area contributed by atoms with E-state index in [2.05, 4.69) is 40.2 Å². The maximum Gasteiger partial charge on any atom is 0.256 e. The Morgan fingerprint density at radius 3 is 2.90 bits per heavy atom. The van der Waals surface area contributed by atoms with Gasteiger partial charge in [0.2, 0.25) is 0 Å². The SMILES string of the molecule is Cc1c(CCNC(=O)c2conc2-c2ccccc2)c2cccc3c2n1CCC3. The summed E-state index contributed by atoms with van der Waals surface area (Å²) in [7, 11) is 0. The summed E-state index contributed by atoms with van der Waals surface area (Å²) in [5.74, 6) is -0.156. The third-order valence-corrected chi connectivity index (χ3v) is 5.91. The molecule has 5 nitrogen and oxygen atoms in total. The highest BCUT2D eigenvalue weighted by Gasteiger charge is 2.20. The Hall–Kier alpha value is -3.34. The number of para-hydroxylation sites is 1. The molecule has 0 unspecified atom stereocenters. The van der Waals surface area contributed by atoms with Gasteiger partial charge >= 0.3 is 0 Å². The van der Waals surface area contributed by atoms with Crippen LogP contribution >= 0.6 is 0 Å². The van der Waals surface area contributed by atoms with Crippen LogP contribution in [0.15, 0.2) is 59.3 Å². The van der Waals surface area contributed by atoms with E-state index in [0.717, 1.165) is 24.9 Å². The van der Waals surface area contributed by atoms with E-state index in [1.807, 2.05) is 30.3 Å². The van der Waals surface area contributed by atoms with Gasteiger partial charge in [-0.1, -0.05) is 53.7 Å². The van der Waals surface area contributed by atoms with Crippen LogP contribution in [-0.4, -0.2) is 22.2 Å². The van der Waals surface area contributed by atoms with E-state index in [9.17, 15) is 4.79 Å². The summed E-state index contributed by atoms with van der Waals surface area (Å²) in [5, 5.41) is 8.39. The maximum atomic E-state index is 12.7. The Balaban J connectivity index is 1.34. The second-order valence-corrected chi connectivity index (χ2v) is 7.58. The molecular weight excluding hydrogens is 362 g/mol. The van der Waals surface area contributed by atoms with Gasteiger partial charge in [0, 0.05) is 29.7 Å². The van der Waals surface area contributed by atoms with Gasteiger partial charge in [-0.3, -0.25) is 4.79 Å². The van der Waals surface area contributed by atoms with Crippen LogP contribution in [0.25, 0.3) is 22.2 Å².